The van der Waals surface area contributed by atoms with Gasteiger partial charge in [0.25, 0.3) is 0 Å². The van der Waals surface area contributed by atoms with Gasteiger partial charge in [0, 0.05) is 13.2 Å². The van der Waals surface area contributed by atoms with Crippen LogP contribution >= 0.6 is 0 Å². The molecule has 102 valence electrons. The van der Waals surface area contributed by atoms with Gasteiger partial charge in [-0.1, -0.05) is 0 Å². The highest BCUT2D eigenvalue weighted by Gasteiger charge is 2.42. The van der Waals surface area contributed by atoms with Crippen molar-refractivity contribution in [2.75, 3.05) is 19.8 Å². The first-order chi connectivity index (χ1) is 7.83. The number of nitrogens with two attached hydrogens (primary N) is 1. The summed E-state index contributed by atoms with van der Waals surface area (Å²) in [7, 11) is -2.73. The molecule has 0 bridgehead atoms. The van der Waals surface area contributed by atoms with Crippen molar-refractivity contribution in [1.29, 1.82) is 0 Å². The first kappa shape index (κ1) is 18.2. The fraction of sp³-hybridized carbons (Fsp3) is 0.778. The maximum Gasteiger partial charge on any atom is 0.459 e. The SMILES string of the molecule is CCOC(=O)[Si](C)(OCC)OCC.NC(=O)O. The van der Waals surface area contributed by atoms with Crippen molar-refractivity contribution in [3.8, 4) is 0 Å². The number of amides is 1. The van der Waals surface area contributed by atoms with Crippen molar-refractivity contribution in [2.24, 2.45) is 5.73 Å². The maximum atomic E-state index is 11.4. The topological polar surface area (TPSA) is 108 Å². The smallest absolute Gasteiger partial charge is 0.459 e. The Labute approximate surface area is 102 Å². The highest BCUT2D eigenvalue weighted by molar-refractivity contribution is 6.94. The molecule has 3 N–H and O–H groups in total. The zero-order valence-corrected chi connectivity index (χ0v) is 11.7. The van der Waals surface area contributed by atoms with Crippen LogP contribution in [0.4, 0.5) is 9.59 Å². The van der Waals surface area contributed by atoms with E-state index in [4.69, 9.17) is 23.5 Å². The molecular weight excluding hydrogens is 246 g/mol. The number of hydrogen-bond acceptors (Lipinski definition) is 5. The van der Waals surface area contributed by atoms with Crippen molar-refractivity contribution in [3.05, 3.63) is 0 Å². The van der Waals surface area contributed by atoms with Crippen LogP contribution in [0.1, 0.15) is 20.8 Å². The summed E-state index contributed by atoms with van der Waals surface area (Å²) < 4.78 is 15.5. The molecule has 0 atom stereocenters. The van der Waals surface area contributed by atoms with Gasteiger partial charge in [-0.2, -0.15) is 0 Å². The molecule has 0 aromatic carbocycles. The van der Waals surface area contributed by atoms with Crippen molar-refractivity contribution < 1.29 is 28.3 Å². The molecule has 0 aromatic heterocycles. The van der Waals surface area contributed by atoms with E-state index in [1.165, 1.54) is 0 Å². The zero-order valence-electron chi connectivity index (χ0n) is 10.7. The zero-order chi connectivity index (χ0) is 13.9. The third-order valence-corrected chi connectivity index (χ3v) is 4.05. The number of carbonyl (C=O) groups excluding carboxylic acids is 1. The molecule has 7 nitrogen and oxygen atoms in total. The highest BCUT2D eigenvalue weighted by Crippen LogP contribution is 2.10. The van der Waals surface area contributed by atoms with E-state index in [0.29, 0.717) is 19.8 Å². The summed E-state index contributed by atoms with van der Waals surface area (Å²) in [6.45, 7) is 8.46. The molecule has 0 saturated heterocycles. The van der Waals surface area contributed by atoms with Crippen LogP contribution in [0.2, 0.25) is 6.55 Å². The van der Waals surface area contributed by atoms with E-state index >= 15 is 0 Å². The van der Waals surface area contributed by atoms with Gasteiger partial charge in [-0.3, -0.25) is 4.79 Å². The molecule has 0 fully saturated rings. The minimum absolute atomic E-state index is 0.335. The maximum absolute atomic E-state index is 11.4. The highest BCUT2D eigenvalue weighted by atomic mass is 28.4. The second kappa shape index (κ2) is 10.1. The van der Waals surface area contributed by atoms with Crippen LogP contribution in [0.25, 0.3) is 0 Å². The first-order valence-electron chi connectivity index (χ1n) is 5.27. The van der Waals surface area contributed by atoms with E-state index < -0.39 is 14.7 Å². The lowest BCUT2D eigenvalue weighted by Gasteiger charge is -2.22. The monoisotopic (exact) mass is 267 g/mol. The minimum Gasteiger partial charge on any atom is -0.466 e. The Balaban J connectivity index is 0. The predicted octanol–water partition coefficient (Wildman–Crippen LogP) is 1.49. The van der Waals surface area contributed by atoms with Crippen LogP contribution in [-0.4, -0.2) is 45.2 Å². The number of carboxylic acid groups (broad SMARTS) is 1. The lowest BCUT2D eigenvalue weighted by atomic mass is 10.9. The predicted molar refractivity (Wildman–Crippen MR) is 64.1 cm³/mol. The van der Waals surface area contributed by atoms with E-state index in [9.17, 15) is 4.79 Å². The summed E-state index contributed by atoms with van der Waals surface area (Å²) in [4.78, 5) is 20.2. The summed E-state index contributed by atoms with van der Waals surface area (Å²) in [6.07, 6.45) is -1.33. The molecule has 0 aliphatic carbocycles. The minimum atomic E-state index is -2.73. The number of rotatable bonds is 6. The first-order valence-corrected chi connectivity index (χ1v) is 7.59. The van der Waals surface area contributed by atoms with Gasteiger partial charge in [-0.05, 0) is 27.3 Å². The molecule has 1 amide bonds. The third-order valence-electron chi connectivity index (χ3n) is 1.49. The van der Waals surface area contributed by atoms with Gasteiger partial charge in [-0.15, -0.1) is 0 Å². The van der Waals surface area contributed by atoms with E-state index in [1.54, 1.807) is 13.5 Å². The number of carbonyl (C=O) groups is 2. The van der Waals surface area contributed by atoms with E-state index in [0.717, 1.165) is 0 Å². The molecule has 0 aliphatic rings. The number of ether oxygens (including phenoxy) is 1. The fourth-order valence-electron chi connectivity index (χ4n) is 0.973. The largest absolute Gasteiger partial charge is 0.466 e. The molecule has 0 heterocycles. The molecule has 0 rings (SSSR count). The van der Waals surface area contributed by atoms with E-state index in [-0.39, 0.29) is 5.59 Å². The molecule has 0 saturated carbocycles. The molecular formula is C9H21NO6Si. The van der Waals surface area contributed by atoms with Gasteiger partial charge >= 0.3 is 20.2 Å². The normalized spacial score (nSPS) is 10.1. The number of primary amides is 1. The Bertz CT molecular complexity index is 226. The Morgan fingerprint density at radius 1 is 1.12 bits per heavy atom. The van der Waals surface area contributed by atoms with Crippen LogP contribution in [0.15, 0.2) is 0 Å². The van der Waals surface area contributed by atoms with Gasteiger partial charge < -0.3 is 24.4 Å². The van der Waals surface area contributed by atoms with Crippen molar-refractivity contribution >= 4 is 20.2 Å². The van der Waals surface area contributed by atoms with Gasteiger partial charge in [0.05, 0.1) is 6.61 Å². The summed E-state index contributed by atoms with van der Waals surface area (Å²) in [5.74, 6) is 0. The van der Waals surface area contributed by atoms with Gasteiger partial charge in [0.2, 0.25) is 0 Å². The molecule has 17 heavy (non-hydrogen) atoms. The third kappa shape index (κ3) is 9.79. The number of hydrogen-bond donors (Lipinski definition) is 2. The summed E-state index contributed by atoms with van der Waals surface area (Å²) in [5.41, 5.74) is 3.69. The lowest BCUT2D eigenvalue weighted by Crippen LogP contribution is -2.48. The van der Waals surface area contributed by atoms with Gasteiger partial charge in [-0.25, -0.2) is 4.79 Å². The van der Waals surface area contributed by atoms with Crippen LogP contribution in [0, 0.1) is 0 Å². The van der Waals surface area contributed by atoms with E-state index in [1.807, 2.05) is 13.8 Å². The summed E-state index contributed by atoms with van der Waals surface area (Å²) in [5, 5.41) is 7.19. The Hall–Kier alpha value is -1.12. The molecule has 0 aromatic rings. The van der Waals surface area contributed by atoms with Crippen molar-refractivity contribution in [2.45, 2.75) is 27.3 Å². The Kier molecular flexibility index (Phi) is 10.8. The van der Waals surface area contributed by atoms with Gasteiger partial charge in [0.1, 0.15) is 0 Å². The second-order valence-corrected chi connectivity index (χ2v) is 5.75. The standard InChI is InChI=1S/C8H18O4Si.CH3NO2/c1-5-10-8(9)13(4,11-6-2)12-7-3;2-1(3)4/h5-7H2,1-4H3;2H2,(H,3,4). The average molecular weight is 267 g/mol. The van der Waals surface area contributed by atoms with Crippen LogP contribution in [0.5, 0.6) is 0 Å². The Morgan fingerprint density at radius 2 is 1.47 bits per heavy atom. The summed E-state index contributed by atoms with van der Waals surface area (Å²) >= 11 is 0. The molecule has 0 unspecified atom stereocenters. The van der Waals surface area contributed by atoms with Crippen LogP contribution in [0.3, 0.4) is 0 Å². The van der Waals surface area contributed by atoms with Gasteiger partial charge in [0.15, 0.2) is 0 Å². The molecule has 8 heteroatoms. The molecule has 0 spiro atoms. The molecule has 0 aliphatic heterocycles. The second-order valence-electron chi connectivity index (χ2n) is 2.87. The van der Waals surface area contributed by atoms with Crippen molar-refractivity contribution in [3.63, 3.8) is 0 Å². The molecule has 0 radical (unpaired) electrons. The average Bonchev–Trinajstić information content (AvgIpc) is 2.17. The van der Waals surface area contributed by atoms with E-state index in [2.05, 4.69) is 5.73 Å². The van der Waals surface area contributed by atoms with Crippen LogP contribution < -0.4 is 5.73 Å². The fourth-order valence-corrected chi connectivity index (χ4v) is 2.80. The van der Waals surface area contributed by atoms with Crippen molar-refractivity contribution in [1.82, 2.24) is 0 Å². The summed E-state index contributed by atoms with van der Waals surface area (Å²) in [6, 6.07) is 0. The quantitative estimate of drug-likeness (QED) is 0.706. The Morgan fingerprint density at radius 3 is 1.71 bits per heavy atom. The van der Waals surface area contributed by atoms with Crippen LogP contribution in [-0.2, 0) is 13.6 Å². The lowest BCUT2D eigenvalue weighted by molar-refractivity contribution is 0.137.